The monoisotopic (exact) mass is 248 g/mol. The van der Waals surface area contributed by atoms with Crippen LogP contribution in [0.25, 0.3) is 0 Å². The van der Waals surface area contributed by atoms with Crippen molar-refractivity contribution in [2.75, 3.05) is 19.6 Å². The fourth-order valence-electron chi connectivity index (χ4n) is 2.53. The molecule has 0 atom stereocenters. The summed E-state index contributed by atoms with van der Waals surface area (Å²) in [6, 6.07) is 11.0. The number of hydrogen-bond donors (Lipinski definition) is 2. The van der Waals surface area contributed by atoms with Gasteiger partial charge in [-0.3, -0.25) is 0 Å². The lowest BCUT2D eigenvalue weighted by molar-refractivity contribution is 0.213. The molecular weight excluding hydrogens is 225 g/mol. The Morgan fingerprint density at radius 1 is 1.17 bits per heavy atom. The maximum atomic E-state index is 7.00. The van der Waals surface area contributed by atoms with Crippen molar-refractivity contribution < 1.29 is 10.0 Å². The molecule has 1 aliphatic rings. The summed E-state index contributed by atoms with van der Waals surface area (Å²) in [5.41, 5.74) is 1.54. The van der Waals surface area contributed by atoms with Crippen molar-refractivity contribution in [3.05, 3.63) is 35.9 Å². The normalized spacial score (nSPS) is 16.8. The van der Waals surface area contributed by atoms with Crippen LogP contribution in [-0.2, 0) is 0 Å². The Bertz CT molecular complexity index is 300. The molecule has 2 N–H and O–H groups in total. The molecule has 1 aromatic carbocycles. The molecule has 0 saturated carbocycles. The van der Waals surface area contributed by atoms with Gasteiger partial charge in [-0.25, -0.2) is 0 Å². The van der Waals surface area contributed by atoms with E-state index in [9.17, 15) is 0 Å². The lowest BCUT2D eigenvalue weighted by Gasteiger charge is -2.31. The number of rotatable bonds is 3. The van der Waals surface area contributed by atoms with Crippen molar-refractivity contribution in [3.8, 4) is 0 Å². The van der Waals surface area contributed by atoms with Gasteiger partial charge in [0.05, 0.1) is 0 Å². The molecule has 0 spiro atoms. The molecule has 1 aliphatic heterocycles. The molecule has 0 unspecified atom stereocenters. The summed E-state index contributed by atoms with van der Waals surface area (Å²) in [6.45, 7) is 6.12. The van der Waals surface area contributed by atoms with Crippen LogP contribution in [0.1, 0.15) is 37.7 Å². The highest BCUT2D eigenvalue weighted by Gasteiger charge is 2.19. The number of hydrogen-bond acceptors (Lipinski definition) is 3. The molecule has 4 heteroatoms. The van der Waals surface area contributed by atoms with E-state index in [2.05, 4.69) is 42.2 Å². The van der Waals surface area contributed by atoms with Gasteiger partial charge < -0.3 is 14.9 Å². The van der Waals surface area contributed by atoms with Crippen LogP contribution in [0.4, 0.5) is 0 Å². The zero-order valence-corrected chi connectivity index (χ0v) is 11.1. The first kappa shape index (κ1) is 15.2. The van der Waals surface area contributed by atoms with E-state index in [1.165, 1.54) is 44.5 Å². The zero-order chi connectivity index (χ0) is 13.2. The van der Waals surface area contributed by atoms with Crippen LogP contribution < -0.4 is 0 Å². The fourth-order valence-corrected chi connectivity index (χ4v) is 2.53. The van der Waals surface area contributed by atoms with Gasteiger partial charge >= 0.3 is 7.69 Å². The smallest absolute Gasteiger partial charge is 0.429 e. The van der Waals surface area contributed by atoms with E-state index in [4.69, 9.17) is 10.0 Å². The second-order valence-corrected chi connectivity index (χ2v) is 4.64. The molecule has 1 aromatic rings. The van der Waals surface area contributed by atoms with E-state index < -0.39 is 0 Å². The first-order valence-corrected chi connectivity index (χ1v) is 6.69. The highest BCUT2D eigenvalue weighted by molar-refractivity contribution is 6.13. The molecule has 1 heterocycles. The highest BCUT2D eigenvalue weighted by Crippen LogP contribution is 2.27. The van der Waals surface area contributed by atoms with Gasteiger partial charge in [0, 0.05) is 0 Å². The minimum atomic E-state index is 0. The number of benzene rings is 1. The average molecular weight is 248 g/mol. The van der Waals surface area contributed by atoms with Crippen LogP contribution in [-0.4, -0.2) is 42.3 Å². The van der Waals surface area contributed by atoms with E-state index in [1.807, 2.05) is 0 Å². The average Bonchev–Trinajstić information content (AvgIpc) is 2.42. The Hall–Kier alpha value is -0.835. The lowest BCUT2D eigenvalue weighted by Crippen LogP contribution is -2.33. The van der Waals surface area contributed by atoms with Crippen molar-refractivity contribution in [2.45, 2.75) is 32.1 Å². The van der Waals surface area contributed by atoms with Crippen molar-refractivity contribution in [1.82, 2.24) is 4.90 Å². The molecule has 0 aromatic heterocycles. The van der Waals surface area contributed by atoms with E-state index >= 15 is 0 Å². The predicted octanol–water partition coefficient (Wildman–Crippen LogP) is 1.78. The first-order chi connectivity index (χ1) is 8.81. The van der Waals surface area contributed by atoms with Gasteiger partial charge in [0.25, 0.3) is 0 Å². The molecule has 99 valence electrons. The summed E-state index contributed by atoms with van der Waals surface area (Å²) < 4.78 is 0. The number of piperidine rings is 1. The second-order valence-electron chi connectivity index (χ2n) is 4.64. The molecule has 0 bridgehead atoms. The van der Waals surface area contributed by atoms with Gasteiger partial charge in [0.1, 0.15) is 0 Å². The van der Waals surface area contributed by atoms with Gasteiger partial charge in [-0.2, -0.15) is 0 Å². The van der Waals surface area contributed by atoms with Crippen molar-refractivity contribution in [1.29, 1.82) is 0 Å². The third-order valence-electron chi connectivity index (χ3n) is 3.40. The summed E-state index contributed by atoms with van der Waals surface area (Å²) in [5.74, 6) is 0.805. The predicted molar refractivity (Wildman–Crippen MR) is 75.3 cm³/mol. The topological polar surface area (TPSA) is 43.7 Å². The molecular formula is C14H23BNO2. The minimum Gasteiger partial charge on any atom is -0.429 e. The fraction of sp³-hybridized carbons (Fsp3) is 0.571. The van der Waals surface area contributed by atoms with E-state index in [0.717, 1.165) is 5.92 Å². The van der Waals surface area contributed by atoms with Crippen LogP contribution in [0, 0.1) is 0 Å². The SMILES string of the molecule is CCCN1CCC(c2ccccc2)CC1.O[B]O. The Morgan fingerprint density at radius 3 is 2.22 bits per heavy atom. The van der Waals surface area contributed by atoms with Crippen LogP contribution in [0.2, 0.25) is 0 Å². The van der Waals surface area contributed by atoms with Gasteiger partial charge in [0.15, 0.2) is 0 Å². The Labute approximate surface area is 111 Å². The van der Waals surface area contributed by atoms with Crippen molar-refractivity contribution in [3.63, 3.8) is 0 Å². The standard InChI is InChI=1S/C14H21N.BH2O2/c1-2-10-15-11-8-14(9-12-15)13-6-4-3-5-7-13;2-1-3/h3-7,14H,2,8-12H2,1H3;2-3H. The maximum absolute atomic E-state index is 7.00. The quantitative estimate of drug-likeness (QED) is 0.801. The summed E-state index contributed by atoms with van der Waals surface area (Å²) in [6.07, 6.45) is 3.96. The van der Waals surface area contributed by atoms with Gasteiger partial charge in [0.2, 0.25) is 0 Å². The highest BCUT2D eigenvalue weighted by atomic mass is 16.4. The van der Waals surface area contributed by atoms with Crippen molar-refractivity contribution >= 4 is 7.69 Å². The summed E-state index contributed by atoms with van der Waals surface area (Å²) in [4.78, 5) is 2.60. The Kier molecular flexibility index (Phi) is 7.73. The molecule has 0 aliphatic carbocycles. The molecule has 1 saturated heterocycles. The largest absolute Gasteiger partial charge is 0.482 e. The maximum Gasteiger partial charge on any atom is 0.482 e. The first-order valence-electron chi connectivity index (χ1n) is 6.69. The molecule has 18 heavy (non-hydrogen) atoms. The number of likely N-dealkylation sites (tertiary alicyclic amines) is 1. The van der Waals surface area contributed by atoms with Crippen molar-refractivity contribution in [2.24, 2.45) is 0 Å². The Morgan fingerprint density at radius 2 is 1.72 bits per heavy atom. The molecule has 1 fully saturated rings. The molecule has 3 nitrogen and oxygen atoms in total. The summed E-state index contributed by atoms with van der Waals surface area (Å²) in [7, 11) is 0. The molecule has 2 rings (SSSR count). The van der Waals surface area contributed by atoms with E-state index in [0.29, 0.717) is 0 Å². The van der Waals surface area contributed by atoms with Crippen LogP contribution in [0.5, 0.6) is 0 Å². The van der Waals surface area contributed by atoms with Gasteiger partial charge in [-0.1, -0.05) is 37.3 Å². The number of nitrogens with zero attached hydrogens (tertiary/aromatic N) is 1. The second kappa shape index (κ2) is 9.14. The molecule has 1 radical (unpaired) electrons. The summed E-state index contributed by atoms with van der Waals surface area (Å²) in [5, 5.41) is 14.0. The van der Waals surface area contributed by atoms with E-state index in [-0.39, 0.29) is 7.69 Å². The van der Waals surface area contributed by atoms with Gasteiger partial charge in [-0.15, -0.1) is 0 Å². The lowest BCUT2D eigenvalue weighted by atomic mass is 9.89. The summed E-state index contributed by atoms with van der Waals surface area (Å²) >= 11 is 0. The van der Waals surface area contributed by atoms with Crippen LogP contribution >= 0.6 is 0 Å². The van der Waals surface area contributed by atoms with E-state index in [1.54, 1.807) is 0 Å². The third-order valence-corrected chi connectivity index (χ3v) is 3.40. The minimum absolute atomic E-state index is 0. The zero-order valence-electron chi connectivity index (χ0n) is 11.1. The van der Waals surface area contributed by atoms with Gasteiger partial charge in [-0.05, 0) is 50.4 Å². The third kappa shape index (κ3) is 5.21. The molecule has 0 amide bonds. The van der Waals surface area contributed by atoms with Crippen LogP contribution in [0.15, 0.2) is 30.3 Å². The van der Waals surface area contributed by atoms with Crippen LogP contribution in [0.3, 0.4) is 0 Å². The Balaban J connectivity index is 0.000000492.